The van der Waals surface area contributed by atoms with Gasteiger partial charge in [-0.05, 0) is 77.5 Å². The molecule has 0 radical (unpaired) electrons. The van der Waals surface area contributed by atoms with Crippen LogP contribution in [-0.2, 0) is 19.1 Å². The van der Waals surface area contributed by atoms with Crippen molar-refractivity contribution in [2.45, 2.75) is 38.5 Å². The summed E-state index contributed by atoms with van der Waals surface area (Å²) in [5.74, 6) is 0.473. The molecular weight excluding hydrogens is 538 g/mol. The largest absolute Gasteiger partial charge is 0.497 e. The number of halogens is 1. The molecule has 0 amide bonds. The number of dihydropyridines is 1. The zero-order valence-corrected chi connectivity index (χ0v) is 23.1. The van der Waals surface area contributed by atoms with E-state index in [4.69, 9.17) is 18.9 Å². The molecule has 1 aliphatic heterocycles. The number of methoxy groups -OCH3 is 2. The van der Waals surface area contributed by atoms with Crippen molar-refractivity contribution in [3.05, 3.63) is 80.6 Å². The summed E-state index contributed by atoms with van der Waals surface area (Å²) in [5, 5.41) is 3.39. The number of carbonyl (C=O) groups excluding carboxylic acids is 2. The number of benzene rings is 2. The highest BCUT2D eigenvalue weighted by Gasteiger charge is 2.41. The summed E-state index contributed by atoms with van der Waals surface area (Å²) < 4.78 is 22.3. The van der Waals surface area contributed by atoms with Gasteiger partial charge in [0.2, 0.25) is 0 Å². The molecule has 2 atom stereocenters. The van der Waals surface area contributed by atoms with E-state index < -0.39 is 11.9 Å². The van der Waals surface area contributed by atoms with E-state index in [9.17, 15) is 9.59 Å². The fourth-order valence-corrected chi connectivity index (χ4v) is 5.59. The van der Waals surface area contributed by atoms with E-state index in [0.717, 1.165) is 27.0 Å². The Morgan fingerprint density at radius 2 is 1.76 bits per heavy atom. The van der Waals surface area contributed by atoms with E-state index in [1.165, 1.54) is 0 Å². The standard InChI is InChI=1S/C29H32BrNO6/c1-5-36-12-13-37-29(33)26-17(2)31-23-15-20(18-6-9-21(34-3)10-7-18)16-24(32)28(23)27(26)19-8-11-25(35-4)22(30)14-19/h6-11,14,20,27,31H,5,12-13,15-16H2,1-4H3. The van der Waals surface area contributed by atoms with Gasteiger partial charge in [0.05, 0.1) is 30.9 Å². The van der Waals surface area contributed by atoms with E-state index in [1.54, 1.807) is 14.2 Å². The summed E-state index contributed by atoms with van der Waals surface area (Å²) in [6, 6.07) is 13.5. The number of carbonyl (C=O) groups is 2. The first kappa shape index (κ1) is 26.9. The van der Waals surface area contributed by atoms with Crippen LogP contribution in [-0.4, -0.2) is 45.8 Å². The minimum atomic E-state index is -0.553. The molecule has 2 unspecified atom stereocenters. The Bertz CT molecular complexity index is 1230. The van der Waals surface area contributed by atoms with Crippen LogP contribution in [0.2, 0.25) is 0 Å². The first-order chi connectivity index (χ1) is 17.9. The number of allylic oxidation sites excluding steroid dienone is 3. The van der Waals surface area contributed by atoms with Gasteiger partial charge in [0, 0.05) is 35.9 Å². The molecular formula is C29H32BrNO6. The molecule has 2 aromatic rings. The highest BCUT2D eigenvalue weighted by Crippen LogP contribution is 2.46. The van der Waals surface area contributed by atoms with Crippen molar-refractivity contribution in [1.29, 1.82) is 0 Å². The third kappa shape index (κ3) is 5.75. The van der Waals surface area contributed by atoms with Crippen molar-refractivity contribution in [3.8, 4) is 11.5 Å². The smallest absolute Gasteiger partial charge is 0.336 e. The van der Waals surface area contributed by atoms with E-state index in [0.29, 0.717) is 48.6 Å². The molecule has 2 aromatic carbocycles. The predicted octanol–water partition coefficient (Wildman–Crippen LogP) is 5.41. The summed E-state index contributed by atoms with van der Waals surface area (Å²) in [6.07, 6.45) is 1.01. The van der Waals surface area contributed by atoms with Crippen LogP contribution in [0.1, 0.15) is 49.7 Å². The van der Waals surface area contributed by atoms with Crippen LogP contribution in [0.25, 0.3) is 0 Å². The van der Waals surface area contributed by atoms with E-state index in [-0.39, 0.29) is 18.3 Å². The lowest BCUT2D eigenvalue weighted by Gasteiger charge is -2.36. The Labute approximate surface area is 225 Å². The summed E-state index contributed by atoms with van der Waals surface area (Å²) in [4.78, 5) is 27.1. The van der Waals surface area contributed by atoms with E-state index in [2.05, 4.69) is 21.2 Å². The average Bonchev–Trinajstić information content (AvgIpc) is 2.90. The maximum atomic E-state index is 13.7. The lowest BCUT2D eigenvalue weighted by molar-refractivity contribution is -0.140. The van der Waals surface area contributed by atoms with Crippen molar-refractivity contribution in [2.24, 2.45) is 0 Å². The average molecular weight is 570 g/mol. The van der Waals surface area contributed by atoms with Crippen LogP contribution in [0, 0.1) is 0 Å². The Morgan fingerprint density at radius 1 is 1.03 bits per heavy atom. The molecule has 37 heavy (non-hydrogen) atoms. The monoisotopic (exact) mass is 569 g/mol. The molecule has 1 N–H and O–H groups in total. The fourth-order valence-electron chi connectivity index (χ4n) is 5.03. The number of ketones is 1. The zero-order chi connectivity index (χ0) is 26.5. The van der Waals surface area contributed by atoms with Crippen LogP contribution in [0.3, 0.4) is 0 Å². The van der Waals surface area contributed by atoms with Gasteiger partial charge in [-0.25, -0.2) is 4.79 Å². The SMILES string of the molecule is CCOCCOC(=O)C1=C(C)NC2=C(C(=O)CC(c3ccc(OC)cc3)C2)C1c1ccc(OC)c(Br)c1. The second kappa shape index (κ2) is 12.0. The minimum Gasteiger partial charge on any atom is -0.497 e. The Morgan fingerprint density at radius 3 is 2.41 bits per heavy atom. The van der Waals surface area contributed by atoms with Crippen molar-refractivity contribution < 1.29 is 28.5 Å². The molecule has 2 aliphatic rings. The van der Waals surface area contributed by atoms with Crippen molar-refractivity contribution in [3.63, 3.8) is 0 Å². The number of esters is 1. The van der Waals surface area contributed by atoms with E-state index >= 15 is 0 Å². The van der Waals surface area contributed by atoms with E-state index in [1.807, 2.05) is 56.3 Å². The molecule has 4 rings (SSSR count). The highest BCUT2D eigenvalue weighted by atomic mass is 79.9. The lowest BCUT2D eigenvalue weighted by Crippen LogP contribution is -2.36. The van der Waals surface area contributed by atoms with Gasteiger partial charge in [-0.3, -0.25) is 4.79 Å². The van der Waals surface area contributed by atoms with Gasteiger partial charge in [-0.15, -0.1) is 0 Å². The van der Waals surface area contributed by atoms with Crippen molar-refractivity contribution in [1.82, 2.24) is 5.32 Å². The number of hydrogen-bond acceptors (Lipinski definition) is 7. The molecule has 0 saturated carbocycles. The molecule has 0 bridgehead atoms. The number of Topliss-reactive ketones (excluding diaryl/α,β-unsaturated/α-hetero) is 1. The van der Waals surface area contributed by atoms with Gasteiger partial charge in [-0.1, -0.05) is 18.2 Å². The lowest BCUT2D eigenvalue weighted by atomic mass is 9.71. The topological polar surface area (TPSA) is 83.1 Å². The number of hydrogen-bond donors (Lipinski definition) is 1. The second-order valence-electron chi connectivity index (χ2n) is 9.02. The molecule has 0 fully saturated rings. The second-order valence-corrected chi connectivity index (χ2v) is 9.87. The molecule has 1 heterocycles. The van der Waals surface area contributed by atoms with Crippen LogP contribution in [0.5, 0.6) is 11.5 Å². The van der Waals surface area contributed by atoms with Crippen LogP contribution in [0.4, 0.5) is 0 Å². The summed E-state index contributed by atoms with van der Waals surface area (Å²) >= 11 is 3.56. The first-order valence-corrected chi connectivity index (χ1v) is 13.1. The van der Waals surface area contributed by atoms with Crippen molar-refractivity contribution >= 4 is 27.7 Å². The summed E-state index contributed by atoms with van der Waals surface area (Å²) in [6.45, 7) is 4.75. The summed E-state index contributed by atoms with van der Waals surface area (Å²) in [5.41, 5.74) is 4.47. The Hall–Kier alpha value is -3.10. The third-order valence-electron chi connectivity index (χ3n) is 6.81. The van der Waals surface area contributed by atoms with Gasteiger partial charge in [-0.2, -0.15) is 0 Å². The fraction of sp³-hybridized carbons (Fsp3) is 0.379. The number of nitrogens with one attached hydrogen (secondary N) is 1. The first-order valence-electron chi connectivity index (χ1n) is 12.3. The molecule has 0 saturated heterocycles. The van der Waals surface area contributed by atoms with Crippen LogP contribution >= 0.6 is 15.9 Å². The molecule has 196 valence electrons. The maximum absolute atomic E-state index is 13.7. The Balaban J connectivity index is 1.72. The van der Waals surface area contributed by atoms with Gasteiger partial charge in [0.1, 0.15) is 18.1 Å². The van der Waals surface area contributed by atoms with Gasteiger partial charge in [0.15, 0.2) is 5.78 Å². The third-order valence-corrected chi connectivity index (χ3v) is 7.43. The predicted molar refractivity (Wildman–Crippen MR) is 144 cm³/mol. The molecule has 0 aromatic heterocycles. The van der Waals surface area contributed by atoms with Crippen molar-refractivity contribution in [2.75, 3.05) is 34.0 Å². The van der Waals surface area contributed by atoms with Gasteiger partial charge in [0.25, 0.3) is 0 Å². The Kier molecular flexibility index (Phi) is 8.71. The maximum Gasteiger partial charge on any atom is 0.336 e. The van der Waals surface area contributed by atoms with Gasteiger partial charge >= 0.3 is 5.97 Å². The zero-order valence-electron chi connectivity index (χ0n) is 21.6. The molecule has 1 aliphatic carbocycles. The molecule has 0 spiro atoms. The summed E-state index contributed by atoms with van der Waals surface area (Å²) in [7, 11) is 3.23. The quantitative estimate of drug-likeness (QED) is 0.319. The number of rotatable bonds is 9. The normalized spacial score (nSPS) is 19.3. The minimum absolute atomic E-state index is 0.0126. The highest BCUT2D eigenvalue weighted by molar-refractivity contribution is 9.10. The molecule has 7 nitrogen and oxygen atoms in total. The number of ether oxygens (including phenoxy) is 4. The van der Waals surface area contributed by atoms with Crippen LogP contribution in [0.15, 0.2) is 69.5 Å². The van der Waals surface area contributed by atoms with Crippen LogP contribution < -0.4 is 14.8 Å². The van der Waals surface area contributed by atoms with Gasteiger partial charge < -0.3 is 24.3 Å². The molecule has 8 heteroatoms.